The second-order valence-electron chi connectivity index (χ2n) is 5.72. The number of rotatable bonds is 5. The van der Waals surface area contributed by atoms with Gasteiger partial charge in [0.05, 0.1) is 16.3 Å². The zero-order valence-electron chi connectivity index (χ0n) is 14.1. The zero-order valence-corrected chi connectivity index (χ0v) is 14.9. The molecule has 9 heteroatoms. The van der Waals surface area contributed by atoms with Gasteiger partial charge in [-0.15, -0.1) is 0 Å². The first-order valence-electron chi connectivity index (χ1n) is 7.89. The van der Waals surface area contributed by atoms with Gasteiger partial charge in [0.2, 0.25) is 0 Å². The van der Waals surface area contributed by atoms with E-state index in [1.807, 2.05) is 0 Å². The van der Waals surface area contributed by atoms with E-state index in [1.165, 1.54) is 24.3 Å². The van der Waals surface area contributed by atoms with Crippen molar-refractivity contribution in [1.82, 2.24) is 0 Å². The molecular formula is C19H13F3N2O3S. The Kier molecular flexibility index (Phi) is 5.36. The molecule has 0 saturated heterocycles. The number of carbonyl (C=O) groups excluding carboxylic acids is 1. The van der Waals surface area contributed by atoms with Gasteiger partial charge in [0.25, 0.3) is 15.9 Å². The molecule has 5 nitrogen and oxygen atoms in total. The monoisotopic (exact) mass is 406 g/mol. The van der Waals surface area contributed by atoms with E-state index in [-0.39, 0.29) is 16.9 Å². The fourth-order valence-corrected chi connectivity index (χ4v) is 3.39. The molecular weight excluding hydrogens is 393 g/mol. The van der Waals surface area contributed by atoms with Crippen LogP contribution >= 0.6 is 0 Å². The molecule has 144 valence electrons. The minimum absolute atomic E-state index is 0.0194. The van der Waals surface area contributed by atoms with Crippen molar-refractivity contribution in [2.24, 2.45) is 0 Å². The van der Waals surface area contributed by atoms with Crippen LogP contribution in [0.1, 0.15) is 10.4 Å². The van der Waals surface area contributed by atoms with Crippen molar-refractivity contribution in [3.8, 4) is 0 Å². The molecule has 28 heavy (non-hydrogen) atoms. The molecule has 3 aromatic carbocycles. The Labute approximate surface area is 158 Å². The molecule has 0 fully saturated rings. The molecule has 0 bridgehead atoms. The van der Waals surface area contributed by atoms with Gasteiger partial charge in [-0.05, 0) is 60.7 Å². The van der Waals surface area contributed by atoms with E-state index in [0.717, 1.165) is 42.5 Å². The highest BCUT2D eigenvalue weighted by Crippen LogP contribution is 2.22. The molecule has 3 aromatic rings. The minimum Gasteiger partial charge on any atom is -0.319 e. The summed E-state index contributed by atoms with van der Waals surface area (Å²) in [6.07, 6.45) is 0. The summed E-state index contributed by atoms with van der Waals surface area (Å²) in [6, 6.07) is 12.3. The Morgan fingerprint density at radius 2 is 1.54 bits per heavy atom. The molecule has 0 saturated carbocycles. The quantitative estimate of drug-likeness (QED) is 0.668. The van der Waals surface area contributed by atoms with E-state index < -0.39 is 38.3 Å². The van der Waals surface area contributed by atoms with E-state index in [4.69, 9.17) is 0 Å². The average molecular weight is 406 g/mol. The van der Waals surface area contributed by atoms with Crippen molar-refractivity contribution in [1.29, 1.82) is 0 Å². The number of amides is 1. The number of benzene rings is 3. The number of carbonyl (C=O) groups is 1. The molecule has 0 radical (unpaired) electrons. The molecule has 0 aliphatic carbocycles. The molecule has 0 atom stereocenters. The fourth-order valence-electron chi connectivity index (χ4n) is 2.33. The predicted molar refractivity (Wildman–Crippen MR) is 98.0 cm³/mol. The maximum atomic E-state index is 14.3. The van der Waals surface area contributed by atoms with Crippen LogP contribution in [0.3, 0.4) is 0 Å². The van der Waals surface area contributed by atoms with Crippen molar-refractivity contribution in [2.75, 3.05) is 10.0 Å². The summed E-state index contributed by atoms with van der Waals surface area (Å²) < 4.78 is 67.2. The SMILES string of the molecule is O=C(Nc1ccc(S(=O)(=O)Nc2cccc(F)c2)cc1F)c1ccc(F)cc1. The van der Waals surface area contributed by atoms with Crippen LogP contribution in [0.15, 0.2) is 71.6 Å². The van der Waals surface area contributed by atoms with Crippen molar-refractivity contribution >= 4 is 27.3 Å². The average Bonchev–Trinajstić information content (AvgIpc) is 2.63. The summed E-state index contributed by atoms with van der Waals surface area (Å²) in [5, 5.41) is 2.28. The van der Waals surface area contributed by atoms with Crippen LogP contribution in [-0.4, -0.2) is 14.3 Å². The Balaban J connectivity index is 1.79. The Hall–Kier alpha value is -3.33. The van der Waals surface area contributed by atoms with Gasteiger partial charge in [-0.2, -0.15) is 0 Å². The van der Waals surface area contributed by atoms with Crippen molar-refractivity contribution in [3.05, 3.63) is 89.7 Å². The number of sulfonamides is 1. The number of hydrogen-bond donors (Lipinski definition) is 2. The largest absolute Gasteiger partial charge is 0.319 e. The van der Waals surface area contributed by atoms with E-state index >= 15 is 0 Å². The maximum absolute atomic E-state index is 14.3. The molecule has 3 rings (SSSR count). The summed E-state index contributed by atoms with van der Waals surface area (Å²) in [6.45, 7) is 0. The number of halogens is 3. The molecule has 0 aliphatic rings. The van der Waals surface area contributed by atoms with Crippen LogP contribution in [0.4, 0.5) is 24.5 Å². The lowest BCUT2D eigenvalue weighted by atomic mass is 10.2. The third-order valence-electron chi connectivity index (χ3n) is 3.68. The number of hydrogen-bond acceptors (Lipinski definition) is 3. The summed E-state index contributed by atoms with van der Waals surface area (Å²) in [4.78, 5) is 11.7. The van der Waals surface area contributed by atoms with Crippen LogP contribution in [0.5, 0.6) is 0 Å². The highest BCUT2D eigenvalue weighted by atomic mass is 32.2. The first kappa shape index (κ1) is 19.4. The summed E-state index contributed by atoms with van der Waals surface area (Å²) in [5.41, 5.74) is -0.168. The summed E-state index contributed by atoms with van der Waals surface area (Å²) in [7, 11) is -4.17. The summed E-state index contributed by atoms with van der Waals surface area (Å²) >= 11 is 0. The minimum atomic E-state index is -4.17. The van der Waals surface area contributed by atoms with E-state index in [0.29, 0.717) is 0 Å². The number of nitrogens with one attached hydrogen (secondary N) is 2. The standard InChI is InChI=1S/C19H13F3N2O3S/c20-13-6-4-12(5-7-13)19(25)23-18-9-8-16(11-17(18)22)28(26,27)24-15-3-1-2-14(21)10-15/h1-11,24H,(H,23,25). The van der Waals surface area contributed by atoms with Gasteiger partial charge < -0.3 is 5.32 Å². The van der Waals surface area contributed by atoms with Gasteiger partial charge in [0.1, 0.15) is 17.5 Å². The molecule has 0 unspecified atom stereocenters. The van der Waals surface area contributed by atoms with Gasteiger partial charge in [-0.25, -0.2) is 21.6 Å². The molecule has 0 aromatic heterocycles. The molecule has 1 amide bonds. The Morgan fingerprint density at radius 1 is 0.821 bits per heavy atom. The fraction of sp³-hybridized carbons (Fsp3) is 0. The maximum Gasteiger partial charge on any atom is 0.261 e. The van der Waals surface area contributed by atoms with Crippen LogP contribution < -0.4 is 10.0 Å². The lowest BCUT2D eigenvalue weighted by Gasteiger charge is -2.11. The van der Waals surface area contributed by atoms with Gasteiger partial charge in [0, 0.05) is 5.56 Å². The van der Waals surface area contributed by atoms with E-state index in [9.17, 15) is 26.4 Å². The van der Waals surface area contributed by atoms with Crippen molar-refractivity contribution in [3.63, 3.8) is 0 Å². The highest BCUT2D eigenvalue weighted by molar-refractivity contribution is 7.92. The van der Waals surface area contributed by atoms with Crippen LogP contribution in [0.2, 0.25) is 0 Å². The van der Waals surface area contributed by atoms with Crippen LogP contribution in [0, 0.1) is 17.5 Å². The number of anilines is 2. The van der Waals surface area contributed by atoms with Crippen molar-refractivity contribution < 1.29 is 26.4 Å². The summed E-state index contributed by atoms with van der Waals surface area (Å²) in [5.74, 6) is -2.83. The smallest absolute Gasteiger partial charge is 0.261 e. The molecule has 2 N–H and O–H groups in total. The third kappa shape index (κ3) is 4.49. The van der Waals surface area contributed by atoms with Gasteiger partial charge >= 0.3 is 0 Å². The van der Waals surface area contributed by atoms with E-state index in [2.05, 4.69) is 10.0 Å². The molecule has 0 heterocycles. The molecule has 0 spiro atoms. The first-order chi connectivity index (χ1) is 13.2. The molecule has 0 aliphatic heterocycles. The normalized spacial score (nSPS) is 11.1. The van der Waals surface area contributed by atoms with Crippen LogP contribution in [-0.2, 0) is 10.0 Å². The van der Waals surface area contributed by atoms with E-state index in [1.54, 1.807) is 0 Å². The topological polar surface area (TPSA) is 75.3 Å². The third-order valence-corrected chi connectivity index (χ3v) is 5.06. The van der Waals surface area contributed by atoms with Gasteiger partial charge in [-0.1, -0.05) is 6.07 Å². The zero-order chi connectivity index (χ0) is 20.3. The lowest BCUT2D eigenvalue weighted by Crippen LogP contribution is -2.15. The lowest BCUT2D eigenvalue weighted by molar-refractivity contribution is 0.102. The highest BCUT2D eigenvalue weighted by Gasteiger charge is 2.18. The Bertz CT molecular complexity index is 1130. The predicted octanol–water partition coefficient (Wildman–Crippen LogP) is 4.16. The second kappa shape index (κ2) is 7.73. The second-order valence-corrected chi connectivity index (χ2v) is 7.40. The van der Waals surface area contributed by atoms with Gasteiger partial charge in [-0.3, -0.25) is 9.52 Å². The van der Waals surface area contributed by atoms with Crippen LogP contribution in [0.25, 0.3) is 0 Å². The van der Waals surface area contributed by atoms with Gasteiger partial charge in [0.15, 0.2) is 0 Å². The van der Waals surface area contributed by atoms with Crippen molar-refractivity contribution in [2.45, 2.75) is 4.90 Å². The first-order valence-corrected chi connectivity index (χ1v) is 9.38. The Morgan fingerprint density at radius 3 is 2.18 bits per heavy atom.